The zero-order chi connectivity index (χ0) is 24.9. The van der Waals surface area contributed by atoms with E-state index in [1.54, 1.807) is 23.9 Å². The summed E-state index contributed by atoms with van der Waals surface area (Å²) in [7, 11) is 1.87. The molecule has 6 nitrogen and oxygen atoms in total. The maximum atomic E-state index is 13.0. The van der Waals surface area contributed by atoms with E-state index in [-0.39, 0.29) is 23.5 Å². The average molecular weight is 466 g/mol. The zero-order valence-corrected chi connectivity index (χ0v) is 22.1. The smallest absolute Gasteiger partial charge is 0.251 e. The van der Waals surface area contributed by atoms with Crippen molar-refractivity contribution in [2.45, 2.75) is 73.5 Å². The first kappa shape index (κ1) is 30.1. The minimum atomic E-state index is -0.698. The van der Waals surface area contributed by atoms with Gasteiger partial charge in [0.1, 0.15) is 6.04 Å². The number of hydrogen-bond acceptors (Lipinski definition) is 5. The second-order valence-electron chi connectivity index (χ2n) is 8.88. The highest BCUT2D eigenvalue weighted by atomic mass is 32.2. The summed E-state index contributed by atoms with van der Waals surface area (Å²) in [5.74, 6) is 0.0492. The van der Waals surface area contributed by atoms with Gasteiger partial charge in [0.05, 0.1) is 6.04 Å². The van der Waals surface area contributed by atoms with Gasteiger partial charge in [-0.1, -0.05) is 60.6 Å². The molecule has 0 spiro atoms. The Morgan fingerprint density at radius 2 is 1.56 bits per heavy atom. The molecule has 2 amide bonds. The Bertz CT molecular complexity index is 712. The molecule has 0 aliphatic carbocycles. The Labute approximate surface area is 199 Å². The van der Waals surface area contributed by atoms with E-state index in [1.165, 1.54) is 0 Å². The lowest BCUT2D eigenvalue weighted by Gasteiger charge is -2.29. The second kappa shape index (κ2) is 15.1. The van der Waals surface area contributed by atoms with Crippen LogP contribution in [0.15, 0.2) is 24.3 Å². The first-order chi connectivity index (χ1) is 15.0. The van der Waals surface area contributed by atoms with E-state index in [9.17, 15) is 14.4 Å². The van der Waals surface area contributed by atoms with Gasteiger partial charge < -0.3 is 16.0 Å². The van der Waals surface area contributed by atoms with Crippen molar-refractivity contribution in [1.29, 1.82) is 0 Å². The molecule has 0 aliphatic heterocycles. The van der Waals surface area contributed by atoms with Gasteiger partial charge in [-0.25, -0.2) is 0 Å². The monoisotopic (exact) mass is 465 g/mol. The number of ketones is 1. The maximum absolute atomic E-state index is 13.0. The Kier molecular flexibility index (Phi) is 14.2. The van der Waals surface area contributed by atoms with Crippen LogP contribution < -0.4 is 16.0 Å². The summed E-state index contributed by atoms with van der Waals surface area (Å²) in [6.07, 6.45) is 2.45. The summed E-state index contributed by atoms with van der Waals surface area (Å²) in [6.45, 7) is 14.1. The number of amides is 2. The molecule has 2 unspecified atom stereocenters. The third-order valence-electron chi connectivity index (χ3n) is 4.82. The Hall–Kier alpha value is -1.86. The Balaban J connectivity index is 0.00000466. The van der Waals surface area contributed by atoms with Gasteiger partial charge in [-0.2, -0.15) is 11.8 Å². The van der Waals surface area contributed by atoms with Gasteiger partial charge in [0, 0.05) is 17.5 Å². The topological polar surface area (TPSA) is 87.3 Å². The molecular formula is C25H43N3O3S. The van der Waals surface area contributed by atoms with Crippen LogP contribution in [0.4, 0.5) is 0 Å². The normalized spacial score (nSPS) is 12.9. The number of benzene rings is 1. The van der Waals surface area contributed by atoms with Crippen molar-refractivity contribution in [1.82, 2.24) is 16.0 Å². The van der Waals surface area contributed by atoms with Crippen molar-refractivity contribution in [3.8, 4) is 0 Å². The van der Waals surface area contributed by atoms with Crippen molar-refractivity contribution in [3.05, 3.63) is 35.4 Å². The zero-order valence-electron chi connectivity index (χ0n) is 21.3. The number of Topliss-reactive ketones (excluding diaryl/α,β-unsaturated/α-hetero) is 1. The lowest BCUT2D eigenvalue weighted by molar-refractivity contribution is -0.134. The van der Waals surface area contributed by atoms with Crippen molar-refractivity contribution in [3.63, 3.8) is 0 Å². The van der Waals surface area contributed by atoms with Crippen LogP contribution in [0.1, 0.15) is 70.8 Å². The van der Waals surface area contributed by atoms with Crippen LogP contribution in [0.3, 0.4) is 0 Å². The fraction of sp³-hybridized carbons (Fsp3) is 0.640. The maximum Gasteiger partial charge on any atom is 0.251 e. The highest BCUT2D eigenvalue weighted by molar-refractivity contribution is 7.98. The number of carbonyl (C=O) groups excluding carboxylic acids is 3. The average Bonchev–Trinajstić information content (AvgIpc) is 2.75. The summed E-state index contributed by atoms with van der Waals surface area (Å²) < 4.78 is 0. The number of carbonyl (C=O) groups is 3. The lowest BCUT2D eigenvalue weighted by Crippen LogP contribution is -2.55. The molecule has 182 valence electrons. The first-order valence-corrected chi connectivity index (χ1v) is 12.8. The molecule has 32 heavy (non-hydrogen) atoms. The molecule has 0 aliphatic rings. The van der Waals surface area contributed by atoms with Gasteiger partial charge in [-0.15, -0.1) is 0 Å². The molecule has 0 radical (unpaired) electrons. The summed E-state index contributed by atoms with van der Waals surface area (Å²) in [5, 5.41) is 8.81. The van der Waals surface area contributed by atoms with Crippen LogP contribution >= 0.6 is 11.8 Å². The molecule has 0 bridgehead atoms. The molecular weight excluding hydrogens is 422 g/mol. The molecule has 1 aromatic carbocycles. The van der Waals surface area contributed by atoms with Gasteiger partial charge in [-0.3, -0.25) is 14.4 Å². The Morgan fingerprint density at radius 3 is 2.00 bits per heavy atom. The van der Waals surface area contributed by atoms with E-state index >= 15 is 0 Å². The van der Waals surface area contributed by atoms with Gasteiger partial charge in [0.25, 0.3) is 5.91 Å². The highest BCUT2D eigenvalue weighted by Crippen LogP contribution is 2.20. The fourth-order valence-corrected chi connectivity index (χ4v) is 3.45. The van der Waals surface area contributed by atoms with Gasteiger partial charge in [-0.05, 0) is 49.1 Å². The van der Waals surface area contributed by atoms with Crippen LogP contribution in [0.2, 0.25) is 0 Å². The molecule has 0 heterocycles. The number of thioether (sulfide) groups is 1. The molecule has 3 N–H and O–H groups in total. The molecule has 0 saturated carbocycles. The number of rotatable bonds is 11. The van der Waals surface area contributed by atoms with Crippen molar-refractivity contribution in [2.75, 3.05) is 19.1 Å². The molecule has 2 atom stereocenters. The molecule has 1 aromatic rings. The number of hydrogen-bond donors (Lipinski definition) is 3. The SMILES string of the molecule is CC.CNCc1ccc(C(=O)NC(CCSC)C(=O)NC(C(=O)C(C)(C)C)C(C)C)cc1. The van der Waals surface area contributed by atoms with E-state index in [4.69, 9.17) is 0 Å². The van der Waals surface area contributed by atoms with E-state index in [2.05, 4.69) is 16.0 Å². The Morgan fingerprint density at radius 1 is 1.00 bits per heavy atom. The van der Waals surface area contributed by atoms with Crippen molar-refractivity contribution >= 4 is 29.4 Å². The number of nitrogens with one attached hydrogen (secondary N) is 3. The van der Waals surface area contributed by atoms with Gasteiger partial charge in [0.2, 0.25) is 5.91 Å². The third-order valence-corrected chi connectivity index (χ3v) is 5.46. The summed E-state index contributed by atoms with van der Waals surface area (Å²) in [5.41, 5.74) is 1.02. The van der Waals surface area contributed by atoms with Crippen LogP contribution in [-0.2, 0) is 16.1 Å². The quantitative estimate of drug-likeness (QED) is 0.459. The first-order valence-electron chi connectivity index (χ1n) is 11.4. The van der Waals surface area contributed by atoms with Gasteiger partial charge in [0.15, 0.2) is 5.78 Å². The van der Waals surface area contributed by atoms with Gasteiger partial charge >= 0.3 is 0 Å². The molecule has 1 rings (SSSR count). The predicted molar refractivity (Wildman–Crippen MR) is 136 cm³/mol. The molecule has 0 fully saturated rings. The van der Waals surface area contributed by atoms with Crippen molar-refractivity contribution in [2.24, 2.45) is 11.3 Å². The standard InChI is InChI=1S/C23H37N3O3S.C2H6/c1-15(2)19(20(27)23(3,4)5)26-22(29)18(12-13-30-7)25-21(28)17-10-8-16(9-11-17)14-24-6;1-2/h8-11,15,18-19,24H,12-14H2,1-7H3,(H,25,28)(H,26,29);1-2H3. The highest BCUT2D eigenvalue weighted by Gasteiger charge is 2.34. The van der Waals surface area contributed by atoms with Crippen LogP contribution in [0, 0.1) is 11.3 Å². The summed E-state index contributed by atoms with van der Waals surface area (Å²) in [4.78, 5) is 38.5. The van der Waals surface area contributed by atoms with E-state index in [1.807, 2.05) is 73.9 Å². The predicted octanol–water partition coefficient (Wildman–Crippen LogP) is 4.04. The van der Waals surface area contributed by atoms with E-state index < -0.39 is 17.5 Å². The van der Waals surface area contributed by atoms with E-state index in [0.29, 0.717) is 12.0 Å². The van der Waals surface area contributed by atoms with Crippen LogP contribution in [0.25, 0.3) is 0 Å². The largest absolute Gasteiger partial charge is 0.344 e. The van der Waals surface area contributed by atoms with Crippen LogP contribution in [0.5, 0.6) is 0 Å². The van der Waals surface area contributed by atoms with Crippen LogP contribution in [-0.4, -0.2) is 48.7 Å². The molecule has 0 aromatic heterocycles. The summed E-state index contributed by atoms with van der Waals surface area (Å²) >= 11 is 1.61. The second-order valence-corrected chi connectivity index (χ2v) is 9.86. The van der Waals surface area contributed by atoms with E-state index in [0.717, 1.165) is 17.9 Å². The molecule has 7 heteroatoms. The lowest BCUT2D eigenvalue weighted by atomic mass is 9.82. The van der Waals surface area contributed by atoms with Crippen molar-refractivity contribution < 1.29 is 14.4 Å². The third kappa shape index (κ3) is 10.2. The summed E-state index contributed by atoms with van der Waals surface area (Å²) in [6, 6.07) is 6.00. The molecule has 0 saturated heterocycles. The minimum Gasteiger partial charge on any atom is -0.344 e. The fourth-order valence-electron chi connectivity index (χ4n) is 2.98. The minimum absolute atomic E-state index is 0.0130.